The van der Waals surface area contributed by atoms with Crippen molar-refractivity contribution in [3.05, 3.63) is 58.7 Å². The molecule has 4 rings (SSSR count). The number of nitrogens with one attached hydrogen (secondary N) is 1. The Labute approximate surface area is 148 Å². The average molecular weight is 353 g/mol. The van der Waals surface area contributed by atoms with E-state index >= 15 is 0 Å². The second-order valence-corrected chi connectivity index (χ2v) is 6.16. The molecule has 0 saturated carbocycles. The predicted octanol–water partition coefficient (Wildman–Crippen LogP) is 2.91. The molecule has 0 spiro atoms. The van der Waals surface area contributed by atoms with Crippen LogP contribution in [-0.4, -0.2) is 29.1 Å². The molecule has 25 heavy (non-hydrogen) atoms. The molecule has 1 N–H and O–H groups in total. The minimum absolute atomic E-state index is 0.232. The molecular formula is C18H15N3O3S. The van der Waals surface area contributed by atoms with Crippen LogP contribution in [0.25, 0.3) is 11.3 Å². The zero-order valence-electron chi connectivity index (χ0n) is 13.3. The third-order valence-corrected chi connectivity index (χ3v) is 4.48. The van der Waals surface area contributed by atoms with E-state index in [1.165, 1.54) is 0 Å². The Bertz CT molecular complexity index is 896. The first-order valence-electron chi connectivity index (χ1n) is 7.82. The van der Waals surface area contributed by atoms with Crippen molar-refractivity contribution in [2.75, 3.05) is 13.2 Å². The van der Waals surface area contributed by atoms with E-state index in [4.69, 9.17) is 9.47 Å². The summed E-state index contributed by atoms with van der Waals surface area (Å²) in [6.45, 7) is 1.20. The fourth-order valence-corrected chi connectivity index (χ4v) is 3.29. The number of carbonyl (C=O) groups excluding carboxylic acids is 1. The molecule has 1 aliphatic heterocycles. The summed E-state index contributed by atoms with van der Waals surface area (Å²) in [5, 5.41) is 6.89. The van der Waals surface area contributed by atoms with Crippen LogP contribution in [0.5, 0.6) is 11.5 Å². The third-order valence-electron chi connectivity index (χ3n) is 3.80. The topological polar surface area (TPSA) is 73.3 Å². The summed E-state index contributed by atoms with van der Waals surface area (Å²) in [6, 6.07) is 7.28. The van der Waals surface area contributed by atoms with Gasteiger partial charge in [-0.1, -0.05) is 6.07 Å². The Morgan fingerprint density at radius 1 is 1.16 bits per heavy atom. The second kappa shape index (κ2) is 6.90. The predicted molar refractivity (Wildman–Crippen MR) is 93.9 cm³/mol. The summed E-state index contributed by atoms with van der Waals surface area (Å²) >= 11 is 1.59. The Morgan fingerprint density at radius 3 is 2.92 bits per heavy atom. The molecule has 0 fully saturated rings. The Morgan fingerprint density at radius 2 is 2.04 bits per heavy atom. The van der Waals surface area contributed by atoms with Gasteiger partial charge < -0.3 is 14.8 Å². The maximum atomic E-state index is 12.6. The van der Waals surface area contributed by atoms with Gasteiger partial charge in [0.15, 0.2) is 11.5 Å². The summed E-state index contributed by atoms with van der Waals surface area (Å²) in [4.78, 5) is 21.3. The average Bonchev–Trinajstić information content (AvgIpc) is 3.20. The van der Waals surface area contributed by atoms with Gasteiger partial charge in [0.05, 0.1) is 23.5 Å². The fraction of sp³-hybridized carbons (Fsp3) is 0.167. The lowest BCUT2D eigenvalue weighted by Crippen LogP contribution is -2.26. The number of para-hydroxylation sites is 1. The molecule has 126 valence electrons. The number of aromatic nitrogens is 2. The van der Waals surface area contributed by atoms with Crippen molar-refractivity contribution in [1.82, 2.24) is 15.3 Å². The summed E-state index contributed by atoms with van der Waals surface area (Å²) < 4.78 is 11.1. The SMILES string of the molecule is O=C(NCc1nccnc1-c1ccsc1)c1cccc2c1OCCO2. The van der Waals surface area contributed by atoms with Gasteiger partial charge in [-0.25, -0.2) is 0 Å². The number of benzene rings is 1. The largest absolute Gasteiger partial charge is 0.486 e. The summed E-state index contributed by atoms with van der Waals surface area (Å²) in [6.07, 6.45) is 3.27. The lowest BCUT2D eigenvalue weighted by Gasteiger charge is -2.20. The third kappa shape index (κ3) is 3.18. The standard InChI is InChI=1S/C18H15N3O3S/c22-18(13-2-1-3-15-17(13)24-8-7-23-15)21-10-14-16(20-6-5-19-14)12-4-9-25-11-12/h1-6,9,11H,7-8,10H2,(H,21,22). The number of hydrogen-bond acceptors (Lipinski definition) is 6. The number of fused-ring (bicyclic) bond motifs is 1. The van der Waals surface area contributed by atoms with Crippen molar-refractivity contribution < 1.29 is 14.3 Å². The molecule has 1 amide bonds. The van der Waals surface area contributed by atoms with Crippen LogP contribution in [-0.2, 0) is 6.54 Å². The van der Waals surface area contributed by atoms with E-state index in [0.29, 0.717) is 30.3 Å². The monoisotopic (exact) mass is 353 g/mol. The van der Waals surface area contributed by atoms with Crippen molar-refractivity contribution in [3.63, 3.8) is 0 Å². The number of thiophene rings is 1. The molecule has 0 unspecified atom stereocenters. The van der Waals surface area contributed by atoms with Gasteiger partial charge in [-0.15, -0.1) is 0 Å². The molecule has 1 aromatic carbocycles. The van der Waals surface area contributed by atoms with Crippen LogP contribution >= 0.6 is 11.3 Å². The van der Waals surface area contributed by atoms with Gasteiger partial charge in [0, 0.05) is 23.3 Å². The lowest BCUT2D eigenvalue weighted by atomic mass is 10.1. The lowest BCUT2D eigenvalue weighted by molar-refractivity contribution is 0.0939. The number of hydrogen-bond donors (Lipinski definition) is 1. The summed E-state index contributed by atoms with van der Waals surface area (Å²) in [5.74, 6) is 0.852. The van der Waals surface area contributed by atoms with Crippen LogP contribution < -0.4 is 14.8 Å². The highest BCUT2D eigenvalue weighted by Gasteiger charge is 2.20. The number of carbonyl (C=O) groups is 1. The molecule has 0 bridgehead atoms. The van der Waals surface area contributed by atoms with Crippen LogP contribution in [0.2, 0.25) is 0 Å². The van der Waals surface area contributed by atoms with Gasteiger partial charge in [-0.2, -0.15) is 11.3 Å². The van der Waals surface area contributed by atoms with Gasteiger partial charge in [-0.05, 0) is 23.6 Å². The maximum absolute atomic E-state index is 12.6. The van der Waals surface area contributed by atoms with E-state index < -0.39 is 0 Å². The molecule has 0 radical (unpaired) electrons. The number of nitrogens with zero attached hydrogens (tertiary/aromatic N) is 2. The van der Waals surface area contributed by atoms with Gasteiger partial charge in [0.1, 0.15) is 13.2 Å². The molecule has 6 nitrogen and oxygen atoms in total. The van der Waals surface area contributed by atoms with Gasteiger partial charge >= 0.3 is 0 Å². The minimum Gasteiger partial charge on any atom is -0.486 e. The van der Waals surface area contributed by atoms with Crippen LogP contribution in [0.15, 0.2) is 47.4 Å². The van der Waals surface area contributed by atoms with Crippen LogP contribution in [0.3, 0.4) is 0 Å². The quantitative estimate of drug-likeness (QED) is 0.781. The first-order chi connectivity index (χ1) is 12.3. The van der Waals surface area contributed by atoms with Crippen LogP contribution in [0.1, 0.15) is 16.1 Å². The van der Waals surface area contributed by atoms with Gasteiger partial charge in [0.25, 0.3) is 5.91 Å². The van der Waals surface area contributed by atoms with E-state index in [2.05, 4.69) is 15.3 Å². The fourth-order valence-electron chi connectivity index (χ4n) is 2.65. The smallest absolute Gasteiger partial charge is 0.255 e. The van der Waals surface area contributed by atoms with Crippen molar-refractivity contribution in [2.24, 2.45) is 0 Å². The normalized spacial score (nSPS) is 12.6. The van der Waals surface area contributed by atoms with Crippen molar-refractivity contribution in [2.45, 2.75) is 6.54 Å². The molecule has 3 heterocycles. The Hall–Kier alpha value is -2.93. The minimum atomic E-state index is -0.232. The molecule has 0 atom stereocenters. The highest BCUT2D eigenvalue weighted by atomic mass is 32.1. The molecule has 3 aromatic rings. The number of ether oxygens (including phenoxy) is 2. The van der Waals surface area contributed by atoms with Crippen molar-refractivity contribution in [3.8, 4) is 22.8 Å². The van der Waals surface area contributed by atoms with Crippen molar-refractivity contribution >= 4 is 17.2 Å². The number of amides is 1. The van der Waals surface area contributed by atoms with Gasteiger partial charge in [0.2, 0.25) is 0 Å². The molecule has 1 aliphatic rings. The second-order valence-electron chi connectivity index (χ2n) is 5.38. The van der Waals surface area contributed by atoms with Crippen molar-refractivity contribution in [1.29, 1.82) is 0 Å². The summed E-state index contributed by atoms with van der Waals surface area (Å²) in [7, 11) is 0. The first-order valence-corrected chi connectivity index (χ1v) is 8.76. The zero-order valence-corrected chi connectivity index (χ0v) is 14.1. The molecule has 7 heteroatoms. The maximum Gasteiger partial charge on any atom is 0.255 e. The van der Waals surface area contributed by atoms with E-state index in [9.17, 15) is 4.79 Å². The zero-order chi connectivity index (χ0) is 17.1. The highest BCUT2D eigenvalue weighted by molar-refractivity contribution is 7.08. The van der Waals surface area contributed by atoms with Gasteiger partial charge in [-0.3, -0.25) is 14.8 Å². The molecular weight excluding hydrogens is 338 g/mol. The van der Waals surface area contributed by atoms with E-state index in [-0.39, 0.29) is 12.5 Å². The molecule has 0 aliphatic carbocycles. The summed E-state index contributed by atoms with van der Waals surface area (Å²) in [5.41, 5.74) is 2.95. The highest BCUT2D eigenvalue weighted by Crippen LogP contribution is 2.33. The first kappa shape index (κ1) is 15.6. The van der Waals surface area contributed by atoms with Crippen LogP contribution in [0.4, 0.5) is 0 Å². The van der Waals surface area contributed by atoms with E-state index in [0.717, 1.165) is 17.0 Å². The van der Waals surface area contributed by atoms with E-state index in [1.54, 1.807) is 41.9 Å². The van der Waals surface area contributed by atoms with E-state index in [1.807, 2.05) is 16.8 Å². The Kier molecular flexibility index (Phi) is 4.30. The Balaban J connectivity index is 1.54. The molecule has 2 aromatic heterocycles. The number of rotatable bonds is 4. The molecule has 0 saturated heterocycles. The van der Waals surface area contributed by atoms with Crippen LogP contribution in [0, 0.1) is 0 Å².